The normalized spacial score (nSPS) is 10.6. The molecule has 1 heterocycles. The van der Waals surface area contributed by atoms with Crippen LogP contribution in [0, 0.1) is 6.92 Å². The fourth-order valence-corrected chi connectivity index (χ4v) is 1.84. The quantitative estimate of drug-likeness (QED) is 0.364. The van der Waals surface area contributed by atoms with Crippen LogP contribution < -0.4 is 10.6 Å². The fourth-order valence-electron chi connectivity index (χ4n) is 1.14. The molecule has 6 heteroatoms. The molecule has 0 bridgehead atoms. The smallest absolute Gasteiger partial charge is 0.191 e. The van der Waals surface area contributed by atoms with E-state index in [4.69, 9.17) is 0 Å². The Balaban J connectivity index is 0.00000256. The van der Waals surface area contributed by atoms with Crippen LogP contribution in [0.5, 0.6) is 0 Å². The summed E-state index contributed by atoms with van der Waals surface area (Å²) in [4.78, 5) is 9.87. The van der Waals surface area contributed by atoms with Crippen LogP contribution in [0.3, 0.4) is 0 Å². The van der Waals surface area contributed by atoms with Gasteiger partial charge in [0.1, 0.15) is 0 Å². The molecule has 0 aliphatic rings. The van der Waals surface area contributed by atoms with Gasteiger partial charge < -0.3 is 10.6 Å². The van der Waals surface area contributed by atoms with Gasteiger partial charge in [0.15, 0.2) is 5.96 Å². The molecule has 0 amide bonds. The maximum Gasteiger partial charge on any atom is 0.191 e. The molecule has 1 rings (SSSR count). The van der Waals surface area contributed by atoms with Crippen LogP contribution in [0.15, 0.2) is 23.2 Å². The van der Waals surface area contributed by atoms with Gasteiger partial charge in [0, 0.05) is 18.0 Å². The third-order valence-electron chi connectivity index (χ3n) is 1.98. The lowest BCUT2D eigenvalue weighted by molar-refractivity contribution is 0.861. The highest BCUT2D eigenvalue weighted by Crippen LogP contribution is 2.12. The first-order valence-corrected chi connectivity index (χ1v) is 6.18. The van der Waals surface area contributed by atoms with Crippen LogP contribution in [0.2, 0.25) is 0 Å². The Bertz CT molecular complexity index is 362. The maximum absolute atomic E-state index is 4.47. The van der Waals surface area contributed by atoms with Crippen molar-refractivity contribution in [3.8, 4) is 0 Å². The minimum Gasteiger partial charge on any atom is -0.357 e. The molecule has 0 fully saturated rings. The monoisotopic (exact) mass is 366 g/mol. The molecule has 0 radical (unpaired) electrons. The predicted molar refractivity (Wildman–Crippen MR) is 85.3 cm³/mol. The summed E-state index contributed by atoms with van der Waals surface area (Å²) in [6.45, 7) is 9.95. The van der Waals surface area contributed by atoms with Crippen LogP contribution in [-0.4, -0.2) is 24.0 Å². The zero-order chi connectivity index (χ0) is 11.8. The average Bonchev–Trinajstić information content (AvgIpc) is 2.68. The van der Waals surface area contributed by atoms with E-state index in [1.165, 1.54) is 4.88 Å². The van der Waals surface area contributed by atoms with E-state index in [0.29, 0.717) is 13.1 Å². The zero-order valence-electron chi connectivity index (χ0n) is 10.2. The van der Waals surface area contributed by atoms with Gasteiger partial charge in [-0.15, -0.1) is 41.9 Å². The summed E-state index contributed by atoms with van der Waals surface area (Å²) in [5.74, 6) is 0.815. The number of aromatic nitrogens is 1. The molecule has 96 valence electrons. The van der Waals surface area contributed by atoms with Gasteiger partial charge >= 0.3 is 0 Å². The number of rotatable bonds is 5. The van der Waals surface area contributed by atoms with E-state index in [2.05, 4.69) is 27.2 Å². The van der Waals surface area contributed by atoms with Crippen molar-refractivity contribution in [3.05, 3.63) is 28.7 Å². The molecular weight excluding hydrogens is 347 g/mol. The van der Waals surface area contributed by atoms with Crippen molar-refractivity contribution in [2.45, 2.75) is 20.4 Å². The van der Waals surface area contributed by atoms with E-state index in [-0.39, 0.29) is 24.0 Å². The summed E-state index contributed by atoms with van der Waals surface area (Å²) in [5, 5.41) is 6.33. The second-order valence-electron chi connectivity index (χ2n) is 3.23. The van der Waals surface area contributed by atoms with E-state index in [1.807, 2.05) is 25.4 Å². The molecule has 1 aromatic rings. The number of halogens is 1. The lowest BCUT2D eigenvalue weighted by atomic mass is 10.4. The Morgan fingerprint density at radius 3 is 2.88 bits per heavy atom. The Morgan fingerprint density at radius 1 is 1.59 bits per heavy atom. The molecule has 1 aromatic heterocycles. The third-order valence-corrected chi connectivity index (χ3v) is 2.90. The number of nitrogens with zero attached hydrogens (tertiary/aromatic N) is 2. The highest BCUT2D eigenvalue weighted by Gasteiger charge is 2.00. The van der Waals surface area contributed by atoms with Crippen molar-refractivity contribution < 1.29 is 0 Å². The maximum atomic E-state index is 4.47. The molecule has 4 nitrogen and oxygen atoms in total. The average molecular weight is 366 g/mol. The summed E-state index contributed by atoms with van der Waals surface area (Å²) in [6.07, 6.45) is 1.81. The second kappa shape index (κ2) is 9.41. The number of hydrogen-bond acceptors (Lipinski definition) is 3. The third kappa shape index (κ3) is 6.02. The van der Waals surface area contributed by atoms with Crippen molar-refractivity contribution >= 4 is 41.3 Å². The number of hydrogen-bond donors (Lipinski definition) is 2. The summed E-state index contributed by atoms with van der Waals surface area (Å²) in [5.41, 5.74) is 2.91. The molecule has 0 unspecified atom stereocenters. The molecule has 0 saturated heterocycles. The van der Waals surface area contributed by atoms with Gasteiger partial charge in [-0.05, 0) is 13.8 Å². The molecule has 0 aliphatic carbocycles. The van der Waals surface area contributed by atoms with E-state index < -0.39 is 0 Å². The summed E-state index contributed by atoms with van der Waals surface area (Å²) >= 11 is 1.64. The Morgan fingerprint density at radius 2 is 2.35 bits per heavy atom. The lowest BCUT2D eigenvalue weighted by Crippen LogP contribution is -2.37. The molecule has 0 atom stereocenters. The van der Waals surface area contributed by atoms with Gasteiger partial charge in [-0.3, -0.25) is 0 Å². The van der Waals surface area contributed by atoms with Gasteiger partial charge in [0.25, 0.3) is 0 Å². The largest absolute Gasteiger partial charge is 0.357 e. The number of aryl methyl sites for hydroxylation is 1. The van der Waals surface area contributed by atoms with Gasteiger partial charge in [-0.25, -0.2) is 9.98 Å². The van der Waals surface area contributed by atoms with Crippen molar-refractivity contribution in [1.29, 1.82) is 0 Å². The van der Waals surface area contributed by atoms with Crippen molar-refractivity contribution in [3.63, 3.8) is 0 Å². The topological polar surface area (TPSA) is 49.3 Å². The fraction of sp³-hybridized carbons (Fsp3) is 0.455. The lowest BCUT2D eigenvalue weighted by Gasteiger charge is -2.08. The Hall–Kier alpha value is -0.630. The molecular formula is C11H19IN4S. The van der Waals surface area contributed by atoms with Gasteiger partial charge in [-0.1, -0.05) is 6.08 Å². The number of aliphatic imine (C=N–C) groups is 1. The van der Waals surface area contributed by atoms with Crippen LogP contribution in [-0.2, 0) is 6.54 Å². The van der Waals surface area contributed by atoms with E-state index in [1.54, 1.807) is 11.3 Å². The first-order chi connectivity index (χ1) is 7.77. The molecule has 0 saturated carbocycles. The number of guanidine groups is 1. The van der Waals surface area contributed by atoms with Crippen LogP contribution in [0.4, 0.5) is 0 Å². The standard InChI is InChI=1S/C11H18N4S.HI/c1-4-6-13-11(12-5-2)14-7-10-9(3)15-8-16-10;/h4,8H,1,5-7H2,2-3H3,(H2,12,13,14);1H. The summed E-state index contributed by atoms with van der Waals surface area (Å²) in [6, 6.07) is 0. The predicted octanol–water partition coefficient (Wildman–Crippen LogP) is 2.31. The van der Waals surface area contributed by atoms with Crippen LogP contribution in [0.25, 0.3) is 0 Å². The Labute approximate surface area is 124 Å². The van der Waals surface area contributed by atoms with Crippen molar-refractivity contribution in [1.82, 2.24) is 15.6 Å². The van der Waals surface area contributed by atoms with E-state index in [0.717, 1.165) is 18.2 Å². The minimum atomic E-state index is 0. The summed E-state index contributed by atoms with van der Waals surface area (Å²) in [7, 11) is 0. The van der Waals surface area contributed by atoms with Gasteiger partial charge in [-0.2, -0.15) is 0 Å². The van der Waals surface area contributed by atoms with Crippen LogP contribution >= 0.6 is 35.3 Å². The SMILES string of the molecule is C=CCNC(=NCc1scnc1C)NCC.I. The first-order valence-electron chi connectivity index (χ1n) is 5.30. The molecule has 0 aromatic carbocycles. The molecule has 17 heavy (non-hydrogen) atoms. The van der Waals surface area contributed by atoms with E-state index in [9.17, 15) is 0 Å². The summed E-state index contributed by atoms with van der Waals surface area (Å²) < 4.78 is 0. The number of thiazole rings is 1. The van der Waals surface area contributed by atoms with Crippen molar-refractivity contribution in [2.24, 2.45) is 4.99 Å². The van der Waals surface area contributed by atoms with Crippen molar-refractivity contribution in [2.75, 3.05) is 13.1 Å². The Kier molecular flexibility index (Phi) is 9.06. The number of nitrogens with one attached hydrogen (secondary N) is 2. The second-order valence-corrected chi connectivity index (χ2v) is 4.17. The highest BCUT2D eigenvalue weighted by atomic mass is 127. The highest BCUT2D eigenvalue weighted by molar-refractivity contribution is 14.0. The van der Waals surface area contributed by atoms with Gasteiger partial charge in [0.05, 0.1) is 17.7 Å². The van der Waals surface area contributed by atoms with Crippen LogP contribution in [0.1, 0.15) is 17.5 Å². The molecule has 0 aliphatic heterocycles. The molecule has 2 N–H and O–H groups in total. The van der Waals surface area contributed by atoms with Gasteiger partial charge in [0.2, 0.25) is 0 Å². The molecule has 0 spiro atoms. The zero-order valence-corrected chi connectivity index (χ0v) is 13.3. The van der Waals surface area contributed by atoms with E-state index >= 15 is 0 Å². The minimum absolute atomic E-state index is 0. The first kappa shape index (κ1) is 16.4.